The van der Waals surface area contributed by atoms with Gasteiger partial charge < -0.3 is 10.5 Å². The number of benzene rings is 2. The summed E-state index contributed by atoms with van der Waals surface area (Å²) in [6, 6.07) is 10.5. The number of alkyl halides is 2. The van der Waals surface area contributed by atoms with E-state index < -0.39 is 12.7 Å². The van der Waals surface area contributed by atoms with E-state index in [1.807, 2.05) is 0 Å². The van der Waals surface area contributed by atoms with Crippen molar-refractivity contribution in [1.82, 2.24) is 0 Å². The van der Waals surface area contributed by atoms with Gasteiger partial charge in [0.1, 0.15) is 5.75 Å². The fraction of sp³-hybridized carbons (Fsp3) is 0.143. The second kappa shape index (κ2) is 6.39. The largest absolute Gasteiger partial charge is 0.435 e. The van der Waals surface area contributed by atoms with Gasteiger partial charge in [0.15, 0.2) is 0 Å². The molecule has 0 fully saturated rings. The fourth-order valence-corrected chi connectivity index (χ4v) is 2.23. The van der Waals surface area contributed by atoms with Crippen molar-refractivity contribution in [2.45, 2.75) is 12.7 Å². The van der Waals surface area contributed by atoms with Crippen molar-refractivity contribution in [2.75, 3.05) is 0 Å². The first-order chi connectivity index (χ1) is 9.47. The average molecular weight is 318 g/mol. The second-order valence-electron chi connectivity index (χ2n) is 4.09. The van der Waals surface area contributed by atoms with E-state index in [4.69, 9.17) is 28.9 Å². The zero-order chi connectivity index (χ0) is 14.7. The van der Waals surface area contributed by atoms with Crippen LogP contribution in [0, 0.1) is 0 Å². The predicted octanol–water partition coefficient (Wildman–Crippen LogP) is 4.64. The first kappa shape index (κ1) is 15.0. The third kappa shape index (κ3) is 3.60. The molecule has 0 bridgehead atoms. The van der Waals surface area contributed by atoms with Crippen LogP contribution in [0.5, 0.6) is 5.75 Å². The van der Waals surface area contributed by atoms with E-state index in [0.717, 1.165) is 0 Å². The molecule has 2 aromatic rings. The van der Waals surface area contributed by atoms with E-state index in [9.17, 15) is 8.78 Å². The van der Waals surface area contributed by atoms with Crippen molar-refractivity contribution in [3.8, 4) is 5.75 Å². The second-order valence-corrected chi connectivity index (χ2v) is 4.94. The molecule has 0 aromatic heterocycles. The molecule has 20 heavy (non-hydrogen) atoms. The highest BCUT2D eigenvalue weighted by Gasteiger charge is 2.14. The molecule has 0 spiro atoms. The van der Waals surface area contributed by atoms with E-state index in [1.54, 1.807) is 30.3 Å². The van der Waals surface area contributed by atoms with Crippen molar-refractivity contribution < 1.29 is 13.5 Å². The summed E-state index contributed by atoms with van der Waals surface area (Å²) < 4.78 is 28.7. The Balaban J connectivity index is 2.33. The zero-order valence-electron chi connectivity index (χ0n) is 10.2. The number of halogens is 4. The minimum atomic E-state index is -2.88. The minimum absolute atomic E-state index is 0.0473. The lowest BCUT2D eigenvalue weighted by atomic mass is 9.99. The van der Waals surface area contributed by atoms with Gasteiger partial charge in [-0.1, -0.05) is 35.3 Å². The Bertz CT molecular complexity index is 607. The molecule has 0 aliphatic carbocycles. The molecule has 0 radical (unpaired) electrons. The standard InChI is InChI=1S/C14H11Cl2F2NO/c15-9-4-5-12(16)11(7-9)13(19)8-2-1-3-10(6-8)20-14(17)18/h1-7,13-14H,19H2. The Hall–Kier alpha value is -1.36. The number of hydrogen-bond donors (Lipinski definition) is 1. The minimum Gasteiger partial charge on any atom is -0.435 e. The summed E-state index contributed by atoms with van der Waals surface area (Å²) >= 11 is 12.0. The van der Waals surface area contributed by atoms with Gasteiger partial charge in [-0.25, -0.2) is 0 Å². The molecular weight excluding hydrogens is 307 g/mol. The Labute approximate surface area is 125 Å². The van der Waals surface area contributed by atoms with Crippen LogP contribution in [0.2, 0.25) is 10.0 Å². The lowest BCUT2D eigenvalue weighted by Gasteiger charge is -2.15. The van der Waals surface area contributed by atoms with E-state index in [2.05, 4.69) is 4.74 Å². The molecule has 2 N–H and O–H groups in total. The summed E-state index contributed by atoms with van der Waals surface area (Å²) in [5.41, 5.74) is 7.32. The van der Waals surface area contributed by atoms with E-state index in [0.29, 0.717) is 21.2 Å². The molecule has 2 rings (SSSR count). The molecular formula is C14H11Cl2F2NO. The van der Waals surface area contributed by atoms with Gasteiger partial charge in [0.05, 0.1) is 6.04 Å². The Morgan fingerprint density at radius 2 is 1.80 bits per heavy atom. The Morgan fingerprint density at radius 3 is 2.50 bits per heavy atom. The van der Waals surface area contributed by atoms with E-state index in [-0.39, 0.29) is 5.75 Å². The maximum absolute atomic E-state index is 12.2. The summed E-state index contributed by atoms with van der Waals surface area (Å²) in [5.74, 6) is 0.0473. The van der Waals surface area contributed by atoms with Crippen LogP contribution < -0.4 is 10.5 Å². The van der Waals surface area contributed by atoms with Gasteiger partial charge in [0.25, 0.3) is 0 Å². The summed E-state index contributed by atoms with van der Waals surface area (Å²) in [5, 5.41) is 0.960. The van der Waals surface area contributed by atoms with Crippen LogP contribution in [0.4, 0.5) is 8.78 Å². The fourth-order valence-electron chi connectivity index (χ4n) is 1.82. The van der Waals surface area contributed by atoms with Crippen LogP contribution >= 0.6 is 23.2 Å². The van der Waals surface area contributed by atoms with Crippen molar-refractivity contribution in [1.29, 1.82) is 0 Å². The molecule has 1 unspecified atom stereocenters. The number of rotatable bonds is 4. The topological polar surface area (TPSA) is 35.2 Å². The van der Waals surface area contributed by atoms with Crippen LogP contribution in [0.1, 0.15) is 17.2 Å². The highest BCUT2D eigenvalue weighted by molar-refractivity contribution is 6.33. The third-order valence-electron chi connectivity index (χ3n) is 2.74. The maximum atomic E-state index is 12.2. The molecule has 0 aliphatic rings. The van der Waals surface area contributed by atoms with Gasteiger partial charge in [0, 0.05) is 10.0 Å². The zero-order valence-corrected chi connectivity index (χ0v) is 11.7. The quantitative estimate of drug-likeness (QED) is 0.891. The first-order valence-corrected chi connectivity index (χ1v) is 6.48. The predicted molar refractivity (Wildman–Crippen MR) is 75.6 cm³/mol. The lowest BCUT2D eigenvalue weighted by Crippen LogP contribution is -2.13. The highest BCUT2D eigenvalue weighted by atomic mass is 35.5. The van der Waals surface area contributed by atoms with Gasteiger partial charge in [-0.05, 0) is 41.5 Å². The molecule has 0 heterocycles. The van der Waals surface area contributed by atoms with Crippen molar-refractivity contribution in [3.63, 3.8) is 0 Å². The summed E-state index contributed by atoms with van der Waals surface area (Å²) in [6.45, 7) is -2.88. The maximum Gasteiger partial charge on any atom is 0.387 e. The number of hydrogen-bond acceptors (Lipinski definition) is 2. The molecule has 0 saturated heterocycles. The molecule has 0 amide bonds. The number of ether oxygens (including phenoxy) is 1. The Morgan fingerprint density at radius 1 is 1.05 bits per heavy atom. The van der Waals surface area contributed by atoms with Crippen molar-refractivity contribution >= 4 is 23.2 Å². The molecule has 1 atom stereocenters. The monoisotopic (exact) mass is 317 g/mol. The summed E-state index contributed by atoms with van der Waals surface area (Å²) in [7, 11) is 0. The molecule has 0 aliphatic heterocycles. The van der Waals surface area contributed by atoms with E-state index >= 15 is 0 Å². The van der Waals surface area contributed by atoms with Crippen LogP contribution in [-0.2, 0) is 0 Å². The summed E-state index contributed by atoms with van der Waals surface area (Å²) in [4.78, 5) is 0. The van der Waals surface area contributed by atoms with Crippen LogP contribution in [0.25, 0.3) is 0 Å². The smallest absolute Gasteiger partial charge is 0.387 e. The van der Waals surface area contributed by atoms with Crippen molar-refractivity contribution in [3.05, 3.63) is 63.6 Å². The normalized spacial score (nSPS) is 12.5. The Kier molecular flexibility index (Phi) is 4.81. The van der Waals surface area contributed by atoms with Gasteiger partial charge in [-0.2, -0.15) is 8.78 Å². The average Bonchev–Trinajstić information content (AvgIpc) is 2.40. The first-order valence-electron chi connectivity index (χ1n) is 5.72. The van der Waals surface area contributed by atoms with Crippen LogP contribution in [0.15, 0.2) is 42.5 Å². The molecule has 0 saturated carbocycles. The number of nitrogens with two attached hydrogens (primary N) is 1. The van der Waals surface area contributed by atoms with Gasteiger partial charge in [-0.3, -0.25) is 0 Å². The van der Waals surface area contributed by atoms with Crippen LogP contribution in [-0.4, -0.2) is 6.61 Å². The van der Waals surface area contributed by atoms with Gasteiger partial charge in [-0.15, -0.1) is 0 Å². The third-order valence-corrected chi connectivity index (χ3v) is 3.31. The molecule has 2 nitrogen and oxygen atoms in total. The molecule has 6 heteroatoms. The van der Waals surface area contributed by atoms with Gasteiger partial charge >= 0.3 is 6.61 Å². The van der Waals surface area contributed by atoms with Gasteiger partial charge in [0.2, 0.25) is 0 Å². The summed E-state index contributed by atoms with van der Waals surface area (Å²) in [6.07, 6.45) is 0. The van der Waals surface area contributed by atoms with Crippen LogP contribution in [0.3, 0.4) is 0 Å². The van der Waals surface area contributed by atoms with E-state index in [1.165, 1.54) is 12.1 Å². The SMILES string of the molecule is NC(c1cccc(OC(F)F)c1)c1cc(Cl)ccc1Cl. The van der Waals surface area contributed by atoms with Crippen molar-refractivity contribution in [2.24, 2.45) is 5.73 Å². The molecule has 2 aromatic carbocycles. The lowest BCUT2D eigenvalue weighted by molar-refractivity contribution is -0.0498. The highest BCUT2D eigenvalue weighted by Crippen LogP contribution is 2.30. The molecule has 106 valence electrons.